The summed E-state index contributed by atoms with van der Waals surface area (Å²) < 4.78 is 1.07. The molecule has 0 radical (unpaired) electrons. The Morgan fingerprint density at radius 2 is 1.94 bits per heavy atom. The van der Waals surface area contributed by atoms with E-state index < -0.39 is 0 Å². The van der Waals surface area contributed by atoms with Gasteiger partial charge in [0.05, 0.1) is 5.75 Å². The third-order valence-electron chi connectivity index (χ3n) is 2.65. The highest BCUT2D eigenvalue weighted by Gasteiger charge is 2.14. The van der Waals surface area contributed by atoms with Crippen LogP contribution in [0.1, 0.15) is 26.7 Å². The van der Waals surface area contributed by atoms with Gasteiger partial charge in [0.2, 0.25) is 0 Å². The van der Waals surface area contributed by atoms with Crippen molar-refractivity contribution in [2.45, 2.75) is 31.6 Å². The monoisotopic (exact) mass is 300 g/mol. The van der Waals surface area contributed by atoms with Crippen molar-refractivity contribution in [2.24, 2.45) is 5.92 Å². The molecule has 1 aromatic rings. The first-order valence-electron chi connectivity index (χ1n) is 5.59. The quantitative estimate of drug-likeness (QED) is 0.717. The molecule has 1 aromatic carbocycles. The smallest absolute Gasteiger partial charge is 0.146 e. The molecule has 1 nitrogen and oxygen atoms in total. The van der Waals surface area contributed by atoms with Crippen molar-refractivity contribution in [1.82, 2.24) is 0 Å². The highest BCUT2D eigenvalue weighted by Crippen LogP contribution is 2.27. The molecule has 0 atom stereocenters. The summed E-state index contributed by atoms with van der Waals surface area (Å²) in [6.45, 7) is 4.16. The fourth-order valence-corrected chi connectivity index (χ4v) is 3.11. The lowest BCUT2D eigenvalue weighted by atomic mass is 10.00. The van der Waals surface area contributed by atoms with E-state index in [9.17, 15) is 4.79 Å². The zero-order valence-corrected chi connectivity index (χ0v) is 12.1. The molecule has 0 spiro atoms. The summed E-state index contributed by atoms with van der Waals surface area (Å²) in [6.07, 6.45) is 1.90. The van der Waals surface area contributed by atoms with E-state index in [4.69, 9.17) is 0 Å². The van der Waals surface area contributed by atoms with E-state index in [1.807, 2.05) is 24.3 Å². The van der Waals surface area contributed by atoms with Gasteiger partial charge in [-0.3, -0.25) is 4.79 Å². The summed E-state index contributed by atoms with van der Waals surface area (Å²) in [5, 5.41) is 0. The van der Waals surface area contributed by atoms with E-state index in [-0.39, 0.29) is 5.92 Å². The Bertz CT molecular complexity index is 348. The SMILES string of the molecule is CCC(CC)C(=O)CSc1ccccc1Br. The molecule has 0 aliphatic rings. The van der Waals surface area contributed by atoms with Gasteiger partial charge < -0.3 is 0 Å². The lowest BCUT2D eigenvalue weighted by molar-refractivity contribution is -0.120. The fraction of sp³-hybridized carbons (Fsp3) is 0.462. The van der Waals surface area contributed by atoms with Crippen molar-refractivity contribution >= 4 is 33.5 Å². The number of carbonyl (C=O) groups is 1. The fourth-order valence-electron chi connectivity index (χ4n) is 1.57. The van der Waals surface area contributed by atoms with Crippen molar-refractivity contribution in [3.05, 3.63) is 28.7 Å². The van der Waals surface area contributed by atoms with Crippen LogP contribution in [-0.2, 0) is 4.79 Å². The summed E-state index contributed by atoms with van der Waals surface area (Å²) in [5.74, 6) is 1.18. The van der Waals surface area contributed by atoms with Gasteiger partial charge >= 0.3 is 0 Å². The minimum atomic E-state index is 0.231. The second kappa shape index (κ2) is 7.13. The molecule has 0 aromatic heterocycles. The minimum absolute atomic E-state index is 0.231. The summed E-state index contributed by atoms with van der Waals surface area (Å²) in [4.78, 5) is 13.0. The number of hydrogen-bond acceptors (Lipinski definition) is 2. The second-order valence-electron chi connectivity index (χ2n) is 3.70. The number of rotatable bonds is 6. The molecule has 0 N–H and O–H groups in total. The average Bonchev–Trinajstić information content (AvgIpc) is 2.29. The Kier molecular flexibility index (Phi) is 6.14. The van der Waals surface area contributed by atoms with Crippen LogP contribution in [0, 0.1) is 5.92 Å². The standard InChI is InChI=1S/C13H17BrOS/c1-3-10(4-2)12(15)9-16-13-8-6-5-7-11(13)14/h5-8,10H,3-4,9H2,1-2H3. The maximum Gasteiger partial charge on any atom is 0.146 e. The zero-order chi connectivity index (χ0) is 12.0. The topological polar surface area (TPSA) is 17.1 Å². The third kappa shape index (κ3) is 3.95. The van der Waals surface area contributed by atoms with Crippen LogP contribution in [0.3, 0.4) is 0 Å². The van der Waals surface area contributed by atoms with Gasteiger partial charge in [0.25, 0.3) is 0 Å². The van der Waals surface area contributed by atoms with Crippen molar-refractivity contribution < 1.29 is 4.79 Å². The highest BCUT2D eigenvalue weighted by atomic mass is 79.9. The molecule has 88 valence electrons. The van der Waals surface area contributed by atoms with Crippen LogP contribution in [0.25, 0.3) is 0 Å². The third-order valence-corrected chi connectivity index (χ3v) is 4.70. The maximum atomic E-state index is 11.9. The van der Waals surface area contributed by atoms with Crippen molar-refractivity contribution in [1.29, 1.82) is 0 Å². The predicted octanol–water partition coefficient (Wildman–Crippen LogP) is 4.55. The van der Waals surface area contributed by atoms with E-state index in [0.717, 1.165) is 22.2 Å². The molecule has 0 aliphatic heterocycles. The first kappa shape index (κ1) is 13.8. The van der Waals surface area contributed by atoms with Gasteiger partial charge in [0.15, 0.2) is 0 Å². The second-order valence-corrected chi connectivity index (χ2v) is 5.57. The van der Waals surface area contributed by atoms with Crippen molar-refractivity contribution in [3.63, 3.8) is 0 Å². The normalized spacial score (nSPS) is 10.8. The number of ketones is 1. The van der Waals surface area contributed by atoms with Gasteiger partial charge in [-0.05, 0) is 40.9 Å². The molecule has 0 unspecified atom stereocenters. The van der Waals surface area contributed by atoms with E-state index in [2.05, 4.69) is 29.8 Å². The lowest BCUT2D eigenvalue weighted by Gasteiger charge is -2.10. The van der Waals surface area contributed by atoms with Crippen LogP contribution < -0.4 is 0 Å². The molecular weight excluding hydrogens is 284 g/mol. The van der Waals surface area contributed by atoms with Crippen molar-refractivity contribution in [2.75, 3.05) is 5.75 Å². The number of thioether (sulfide) groups is 1. The van der Waals surface area contributed by atoms with Gasteiger partial charge in [-0.2, -0.15) is 0 Å². The first-order valence-corrected chi connectivity index (χ1v) is 7.36. The molecule has 0 saturated carbocycles. The van der Waals surface area contributed by atoms with Crippen LogP contribution in [-0.4, -0.2) is 11.5 Å². The van der Waals surface area contributed by atoms with Gasteiger partial charge in [-0.15, -0.1) is 11.8 Å². The molecule has 0 amide bonds. The van der Waals surface area contributed by atoms with Crippen molar-refractivity contribution in [3.8, 4) is 0 Å². The van der Waals surface area contributed by atoms with Crippen LogP contribution in [0.2, 0.25) is 0 Å². The van der Waals surface area contributed by atoms with E-state index in [1.54, 1.807) is 11.8 Å². The molecular formula is C13H17BrOS. The molecule has 0 bridgehead atoms. The Labute approximate surface area is 110 Å². The molecule has 16 heavy (non-hydrogen) atoms. The molecule has 3 heteroatoms. The van der Waals surface area contributed by atoms with Gasteiger partial charge in [0.1, 0.15) is 5.78 Å². The lowest BCUT2D eigenvalue weighted by Crippen LogP contribution is -2.14. The van der Waals surface area contributed by atoms with E-state index >= 15 is 0 Å². The Morgan fingerprint density at radius 1 is 1.31 bits per heavy atom. The number of hydrogen-bond donors (Lipinski definition) is 0. The molecule has 0 heterocycles. The van der Waals surface area contributed by atoms with E-state index in [1.165, 1.54) is 0 Å². The number of benzene rings is 1. The molecule has 0 aliphatic carbocycles. The van der Waals surface area contributed by atoms with Crippen LogP contribution >= 0.6 is 27.7 Å². The van der Waals surface area contributed by atoms with Crippen LogP contribution in [0.5, 0.6) is 0 Å². The Hall–Kier alpha value is -0.280. The zero-order valence-electron chi connectivity index (χ0n) is 9.70. The van der Waals surface area contributed by atoms with Gasteiger partial charge in [-0.1, -0.05) is 26.0 Å². The highest BCUT2D eigenvalue weighted by molar-refractivity contribution is 9.10. The molecule has 0 saturated heterocycles. The number of carbonyl (C=O) groups excluding carboxylic acids is 1. The number of Topliss-reactive ketones (excluding diaryl/α,β-unsaturated/α-hetero) is 1. The summed E-state index contributed by atoms with van der Waals surface area (Å²) in [7, 11) is 0. The molecule has 1 rings (SSSR count). The van der Waals surface area contributed by atoms with E-state index in [0.29, 0.717) is 11.5 Å². The Morgan fingerprint density at radius 3 is 2.50 bits per heavy atom. The summed E-state index contributed by atoms with van der Waals surface area (Å²) in [6, 6.07) is 8.02. The average molecular weight is 301 g/mol. The summed E-state index contributed by atoms with van der Waals surface area (Å²) >= 11 is 5.10. The summed E-state index contributed by atoms with van der Waals surface area (Å²) in [5.41, 5.74) is 0. The first-order chi connectivity index (χ1) is 7.69. The van der Waals surface area contributed by atoms with Gasteiger partial charge in [0, 0.05) is 15.3 Å². The largest absolute Gasteiger partial charge is 0.298 e. The number of halogens is 1. The van der Waals surface area contributed by atoms with Crippen LogP contribution in [0.15, 0.2) is 33.6 Å². The van der Waals surface area contributed by atoms with Gasteiger partial charge in [-0.25, -0.2) is 0 Å². The minimum Gasteiger partial charge on any atom is -0.298 e. The van der Waals surface area contributed by atoms with Crippen LogP contribution in [0.4, 0.5) is 0 Å². The Balaban J connectivity index is 2.52. The molecule has 0 fully saturated rings. The maximum absolute atomic E-state index is 11.9. The predicted molar refractivity (Wildman–Crippen MR) is 73.9 cm³/mol.